The van der Waals surface area contributed by atoms with Gasteiger partial charge in [-0.05, 0) is 49.1 Å². The Morgan fingerprint density at radius 3 is 2.87 bits per heavy atom. The van der Waals surface area contributed by atoms with Gasteiger partial charge < -0.3 is 4.90 Å². The molecule has 31 heavy (non-hydrogen) atoms. The van der Waals surface area contributed by atoms with Gasteiger partial charge in [0.05, 0.1) is 6.04 Å². The lowest BCUT2D eigenvalue weighted by Crippen LogP contribution is -2.32. The first-order valence-electron chi connectivity index (χ1n) is 11.3. The van der Waals surface area contributed by atoms with Crippen LogP contribution in [0.2, 0.25) is 0 Å². The van der Waals surface area contributed by atoms with Crippen molar-refractivity contribution in [1.82, 2.24) is 19.4 Å². The Hall–Kier alpha value is -2.54. The summed E-state index contributed by atoms with van der Waals surface area (Å²) in [5.41, 5.74) is 3.07. The van der Waals surface area contributed by atoms with Crippen LogP contribution in [0.3, 0.4) is 0 Å². The number of rotatable bonds is 4. The molecule has 0 N–H and O–H groups in total. The molecule has 1 aliphatic heterocycles. The summed E-state index contributed by atoms with van der Waals surface area (Å²) in [7, 11) is 1.75. The third-order valence-electron chi connectivity index (χ3n) is 6.84. The zero-order valence-electron chi connectivity index (χ0n) is 18.1. The fourth-order valence-electron chi connectivity index (χ4n) is 5.19. The molecule has 1 aromatic carbocycles. The Balaban J connectivity index is 1.41. The van der Waals surface area contributed by atoms with E-state index in [-0.39, 0.29) is 17.5 Å². The van der Waals surface area contributed by atoms with Gasteiger partial charge in [-0.25, -0.2) is 9.97 Å². The highest BCUT2D eigenvalue weighted by Crippen LogP contribution is 2.39. The number of amides is 1. The van der Waals surface area contributed by atoms with Crippen LogP contribution in [0.15, 0.2) is 29.1 Å². The number of aromatic nitrogens is 3. The Labute approximate surface area is 185 Å². The van der Waals surface area contributed by atoms with Gasteiger partial charge in [0.2, 0.25) is 5.91 Å². The fourth-order valence-corrected chi connectivity index (χ4v) is 6.28. The molecular weight excluding hydrogens is 408 g/mol. The first-order chi connectivity index (χ1) is 15.1. The van der Waals surface area contributed by atoms with Crippen molar-refractivity contribution in [2.45, 2.75) is 63.8 Å². The van der Waals surface area contributed by atoms with E-state index in [9.17, 15) is 9.59 Å². The molecule has 0 saturated carbocycles. The predicted octanol–water partition coefficient (Wildman–Crippen LogP) is 4.13. The summed E-state index contributed by atoms with van der Waals surface area (Å²) in [5.74, 6) is 1.27. The van der Waals surface area contributed by atoms with Crippen molar-refractivity contribution >= 4 is 27.6 Å². The standard InChI is InChI=1S/C24H28N4O2S/c1-3-19-25-23-21(24(30)27(19)2)26-22(31-23)18-12-7-13-28(18)20(29)14-16-10-6-9-15-8-4-5-11-17(15)16/h4-5,8,11,16,18H,3,6-7,9-10,12-14H2,1-2H3/t16-,18+/m0/s1. The Kier molecular flexibility index (Phi) is 5.38. The van der Waals surface area contributed by atoms with Crippen molar-refractivity contribution in [3.63, 3.8) is 0 Å². The summed E-state index contributed by atoms with van der Waals surface area (Å²) in [6.07, 6.45) is 6.45. The van der Waals surface area contributed by atoms with Crippen LogP contribution in [0.1, 0.15) is 72.9 Å². The molecule has 1 amide bonds. The van der Waals surface area contributed by atoms with Crippen molar-refractivity contribution < 1.29 is 4.79 Å². The van der Waals surface area contributed by atoms with Gasteiger partial charge in [-0.1, -0.05) is 42.5 Å². The average Bonchev–Trinajstić information content (AvgIpc) is 3.43. The second-order valence-electron chi connectivity index (χ2n) is 8.69. The molecule has 0 bridgehead atoms. The highest BCUT2D eigenvalue weighted by Gasteiger charge is 2.34. The molecule has 2 atom stereocenters. The maximum atomic E-state index is 13.4. The van der Waals surface area contributed by atoms with Gasteiger partial charge >= 0.3 is 0 Å². The molecule has 7 heteroatoms. The number of aryl methyl sites for hydroxylation is 2. The van der Waals surface area contributed by atoms with E-state index in [1.54, 1.807) is 11.6 Å². The SMILES string of the molecule is CCc1nc2sc([C@H]3CCCN3C(=O)C[C@@H]3CCCc4ccccc43)nc2c(=O)n1C. The van der Waals surface area contributed by atoms with Crippen LogP contribution in [-0.4, -0.2) is 31.9 Å². The lowest BCUT2D eigenvalue weighted by Gasteiger charge is -2.29. The van der Waals surface area contributed by atoms with Gasteiger partial charge in [0.1, 0.15) is 10.8 Å². The number of benzene rings is 1. The van der Waals surface area contributed by atoms with Crippen LogP contribution in [0.4, 0.5) is 0 Å². The van der Waals surface area contributed by atoms with Crippen molar-refractivity contribution in [2.24, 2.45) is 7.05 Å². The van der Waals surface area contributed by atoms with E-state index in [2.05, 4.69) is 34.2 Å². The molecule has 3 heterocycles. The van der Waals surface area contributed by atoms with E-state index in [1.807, 2.05) is 11.8 Å². The predicted molar refractivity (Wildman–Crippen MR) is 122 cm³/mol. The number of carbonyl (C=O) groups excluding carboxylic acids is 1. The quantitative estimate of drug-likeness (QED) is 0.617. The van der Waals surface area contributed by atoms with Crippen molar-refractivity contribution in [2.75, 3.05) is 6.54 Å². The largest absolute Gasteiger partial charge is 0.333 e. The molecule has 1 saturated heterocycles. The van der Waals surface area contributed by atoms with Crippen molar-refractivity contribution in [3.8, 4) is 0 Å². The zero-order valence-corrected chi connectivity index (χ0v) is 19.0. The second-order valence-corrected chi connectivity index (χ2v) is 9.70. The summed E-state index contributed by atoms with van der Waals surface area (Å²) < 4.78 is 1.59. The molecule has 1 aliphatic carbocycles. The van der Waals surface area contributed by atoms with Gasteiger partial charge in [0.25, 0.3) is 5.56 Å². The van der Waals surface area contributed by atoms with E-state index in [0.29, 0.717) is 29.1 Å². The number of likely N-dealkylation sites (tertiary alicyclic amines) is 1. The number of nitrogens with zero attached hydrogens (tertiary/aromatic N) is 4. The number of carbonyl (C=O) groups is 1. The molecule has 5 rings (SSSR count). The number of hydrogen-bond acceptors (Lipinski definition) is 5. The van der Waals surface area contributed by atoms with E-state index in [0.717, 1.165) is 49.5 Å². The van der Waals surface area contributed by atoms with E-state index >= 15 is 0 Å². The Morgan fingerprint density at radius 1 is 1.19 bits per heavy atom. The van der Waals surface area contributed by atoms with E-state index in [4.69, 9.17) is 0 Å². The fraction of sp³-hybridized carbons (Fsp3) is 0.500. The lowest BCUT2D eigenvalue weighted by atomic mass is 9.81. The first kappa shape index (κ1) is 20.4. The van der Waals surface area contributed by atoms with Crippen molar-refractivity contribution in [3.05, 3.63) is 56.6 Å². The summed E-state index contributed by atoms with van der Waals surface area (Å²) in [4.78, 5) is 38.1. The van der Waals surface area contributed by atoms with Crippen LogP contribution >= 0.6 is 11.3 Å². The third-order valence-corrected chi connectivity index (χ3v) is 7.89. The summed E-state index contributed by atoms with van der Waals surface area (Å²) in [5, 5.41) is 0.850. The van der Waals surface area contributed by atoms with E-state index < -0.39 is 0 Å². The van der Waals surface area contributed by atoms with Crippen LogP contribution < -0.4 is 5.56 Å². The Morgan fingerprint density at radius 2 is 2.03 bits per heavy atom. The molecule has 1 fully saturated rings. The second kappa shape index (κ2) is 8.19. The van der Waals surface area contributed by atoms with Gasteiger partial charge in [0, 0.05) is 26.4 Å². The zero-order chi connectivity index (χ0) is 21.5. The molecule has 6 nitrogen and oxygen atoms in total. The van der Waals surface area contributed by atoms with Crippen LogP contribution in [0.25, 0.3) is 10.3 Å². The smallest absolute Gasteiger partial charge is 0.280 e. The first-order valence-corrected chi connectivity index (χ1v) is 12.1. The maximum absolute atomic E-state index is 13.4. The molecule has 3 aromatic rings. The molecule has 0 spiro atoms. The molecule has 162 valence electrons. The normalized spacial score (nSPS) is 20.9. The van der Waals surface area contributed by atoms with Gasteiger partial charge in [-0.3, -0.25) is 14.2 Å². The third kappa shape index (κ3) is 3.59. The maximum Gasteiger partial charge on any atom is 0.280 e. The highest BCUT2D eigenvalue weighted by atomic mass is 32.1. The lowest BCUT2D eigenvalue weighted by molar-refractivity contribution is -0.132. The Bertz CT molecular complexity index is 1200. The monoisotopic (exact) mass is 436 g/mol. The molecule has 0 radical (unpaired) electrons. The molecular formula is C24H28N4O2S. The van der Waals surface area contributed by atoms with Crippen molar-refractivity contribution in [1.29, 1.82) is 0 Å². The molecule has 2 aliphatic rings. The number of fused-ring (bicyclic) bond motifs is 2. The van der Waals surface area contributed by atoms with Gasteiger partial charge in [-0.2, -0.15) is 0 Å². The van der Waals surface area contributed by atoms with E-state index in [1.165, 1.54) is 22.5 Å². The average molecular weight is 437 g/mol. The molecule has 0 unspecified atom stereocenters. The van der Waals surface area contributed by atoms with Gasteiger partial charge in [-0.15, -0.1) is 0 Å². The number of hydrogen-bond donors (Lipinski definition) is 0. The van der Waals surface area contributed by atoms with Crippen LogP contribution in [0.5, 0.6) is 0 Å². The van der Waals surface area contributed by atoms with Crippen LogP contribution in [0, 0.1) is 0 Å². The van der Waals surface area contributed by atoms with Crippen LogP contribution in [-0.2, 0) is 24.7 Å². The highest BCUT2D eigenvalue weighted by molar-refractivity contribution is 7.18. The summed E-state index contributed by atoms with van der Waals surface area (Å²) in [6, 6.07) is 8.52. The topological polar surface area (TPSA) is 68.1 Å². The number of thiazole rings is 1. The minimum atomic E-state index is -0.0981. The van der Waals surface area contributed by atoms with Gasteiger partial charge in [0.15, 0.2) is 10.3 Å². The minimum absolute atomic E-state index is 0.0414. The summed E-state index contributed by atoms with van der Waals surface area (Å²) in [6.45, 7) is 2.76. The minimum Gasteiger partial charge on any atom is -0.333 e. The summed E-state index contributed by atoms with van der Waals surface area (Å²) >= 11 is 1.47. The molecule has 2 aromatic heterocycles.